The third-order valence-corrected chi connectivity index (χ3v) is 2.47. The topological polar surface area (TPSA) is 52.6 Å². The first kappa shape index (κ1) is 22.0. The van der Waals surface area contributed by atoms with Gasteiger partial charge in [-0.25, -0.2) is 8.37 Å². The quantitative estimate of drug-likeness (QED) is 0.683. The fourth-order valence-corrected chi connectivity index (χ4v) is 1.80. The van der Waals surface area contributed by atoms with Gasteiger partial charge in [-0.3, -0.25) is 0 Å². The number of rotatable bonds is 4. The smallest absolute Gasteiger partial charge is 0.225 e. The monoisotopic (exact) mass is 398 g/mol. The van der Waals surface area contributed by atoms with Gasteiger partial charge in [-0.05, 0) is 0 Å². The highest BCUT2D eigenvalue weighted by Gasteiger charge is 2.63. The summed E-state index contributed by atoms with van der Waals surface area (Å²) in [7, 11) is -6.99. The molecule has 0 aliphatic rings. The maximum Gasteiger partial charge on any atom is 0.425 e. The van der Waals surface area contributed by atoms with Crippen molar-refractivity contribution >= 4 is 10.4 Å². The van der Waals surface area contributed by atoms with E-state index >= 15 is 0 Å². The summed E-state index contributed by atoms with van der Waals surface area (Å²) in [5.41, 5.74) is 0. The van der Waals surface area contributed by atoms with Crippen LogP contribution in [0, 0.1) is 0 Å². The molecule has 0 unspecified atom stereocenters. The van der Waals surface area contributed by atoms with Crippen LogP contribution in [0.15, 0.2) is 0 Å². The zero-order chi connectivity index (χ0) is 19.1. The van der Waals surface area contributed by atoms with Gasteiger partial charge in [0.05, 0.1) is 0 Å². The van der Waals surface area contributed by atoms with E-state index in [4.69, 9.17) is 0 Å². The standard InChI is InChI=1S/C6H2F12O4S/c7-3(8,9)1(4(10,11)12)21-23(19,20)22-2(5(13,14)15)6(16,17)18/h1-2H. The second-order valence-corrected chi connectivity index (χ2v) is 4.73. The molecule has 0 saturated carbocycles. The van der Waals surface area contributed by atoms with Crippen LogP contribution in [-0.4, -0.2) is 45.3 Å². The molecular formula is C6H2F12O4S. The first-order valence-corrected chi connectivity index (χ1v) is 5.89. The summed E-state index contributed by atoms with van der Waals surface area (Å²) in [6, 6.07) is 0. The minimum atomic E-state index is -6.99. The van der Waals surface area contributed by atoms with Crippen LogP contribution in [0.5, 0.6) is 0 Å². The molecule has 0 radical (unpaired) electrons. The van der Waals surface area contributed by atoms with Crippen molar-refractivity contribution in [3.8, 4) is 0 Å². The first-order chi connectivity index (χ1) is 9.68. The second kappa shape index (κ2) is 6.15. The van der Waals surface area contributed by atoms with Crippen molar-refractivity contribution in [2.45, 2.75) is 36.9 Å². The van der Waals surface area contributed by atoms with Crippen LogP contribution in [0.4, 0.5) is 52.7 Å². The summed E-state index contributed by atoms with van der Waals surface area (Å²) in [5, 5.41) is 0. The highest BCUT2D eigenvalue weighted by atomic mass is 32.3. The van der Waals surface area contributed by atoms with Crippen molar-refractivity contribution in [2.24, 2.45) is 0 Å². The Labute approximate surface area is 118 Å². The maximum atomic E-state index is 11.9. The number of halogens is 12. The summed E-state index contributed by atoms with van der Waals surface area (Å²) in [5.74, 6) is 0. The molecule has 23 heavy (non-hydrogen) atoms. The molecule has 4 nitrogen and oxygen atoms in total. The molecule has 0 spiro atoms. The van der Waals surface area contributed by atoms with Gasteiger partial charge in [-0.2, -0.15) is 61.1 Å². The van der Waals surface area contributed by atoms with Crippen molar-refractivity contribution < 1.29 is 69.5 Å². The van der Waals surface area contributed by atoms with Crippen LogP contribution in [0.3, 0.4) is 0 Å². The van der Waals surface area contributed by atoms with Crippen molar-refractivity contribution in [1.82, 2.24) is 0 Å². The number of alkyl halides is 12. The molecule has 140 valence electrons. The fraction of sp³-hybridized carbons (Fsp3) is 1.00. The van der Waals surface area contributed by atoms with Gasteiger partial charge in [0.1, 0.15) is 0 Å². The Morgan fingerprint density at radius 3 is 0.826 bits per heavy atom. The average Bonchev–Trinajstić information content (AvgIpc) is 2.16. The van der Waals surface area contributed by atoms with E-state index in [1.165, 1.54) is 0 Å². The number of hydrogen-bond donors (Lipinski definition) is 0. The molecule has 0 aromatic rings. The predicted octanol–water partition coefficient (Wildman–Crippen LogP) is 3.25. The first-order valence-electron chi connectivity index (χ1n) is 4.56. The van der Waals surface area contributed by atoms with E-state index in [0.717, 1.165) is 0 Å². The largest absolute Gasteiger partial charge is 0.425 e. The van der Waals surface area contributed by atoms with Gasteiger partial charge in [0.2, 0.25) is 0 Å². The minimum Gasteiger partial charge on any atom is -0.225 e. The normalized spacial score (nSPS) is 15.6. The molecule has 0 bridgehead atoms. The Hall–Kier alpha value is -0.970. The van der Waals surface area contributed by atoms with Gasteiger partial charge < -0.3 is 0 Å². The number of hydrogen-bond acceptors (Lipinski definition) is 4. The summed E-state index contributed by atoms with van der Waals surface area (Å²) in [4.78, 5) is 0. The Balaban J connectivity index is 5.57. The predicted molar refractivity (Wildman–Crippen MR) is 42.9 cm³/mol. The fourth-order valence-electron chi connectivity index (χ4n) is 0.848. The van der Waals surface area contributed by atoms with Crippen LogP contribution in [0.25, 0.3) is 0 Å². The van der Waals surface area contributed by atoms with Crippen molar-refractivity contribution in [3.63, 3.8) is 0 Å². The molecule has 0 N–H and O–H groups in total. The van der Waals surface area contributed by atoms with Gasteiger partial charge in [0.15, 0.2) is 0 Å². The van der Waals surface area contributed by atoms with E-state index in [-0.39, 0.29) is 0 Å². The molecule has 0 aliphatic carbocycles. The summed E-state index contributed by atoms with van der Waals surface area (Å²) < 4.78 is 169. The van der Waals surface area contributed by atoms with Gasteiger partial charge in [0.25, 0.3) is 12.2 Å². The van der Waals surface area contributed by atoms with E-state index in [2.05, 4.69) is 8.37 Å². The van der Waals surface area contributed by atoms with Gasteiger partial charge in [-0.15, -0.1) is 0 Å². The van der Waals surface area contributed by atoms with Crippen molar-refractivity contribution in [1.29, 1.82) is 0 Å². The van der Waals surface area contributed by atoms with Crippen molar-refractivity contribution in [3.05, 3.63) is 0 Å². The molecule has 0 saturated heterocycles. The van der Waals surface area contributed by atoms with E-state index in [1.54, 1.807) is 0 Å². The van der Waals surface area contributed by atoms with E-state index < -0.39 is 47.3 Å². The Morgan fingerprint density at radius 2 is 0.696 bits per heavy atom. The molecule has 0 aromatic heterocycles. The zero-order valence-corrected chi connectivity index (χ0v) is 10.5. The van der Waals surface area contributed by atoms with E-state index in [1.807, 2.05) is 0 Å². The highest BCUT2D eigenvalue weighted by Crippen LogP contribution is 2.40. The third-order valence-electron chi connectivity index (χ3n) is 1.62. The van der Waals surface area contributed by atoms with E-state index in [0.29, 0.717) is 0 Å². The minimum absolute atomic E-state index is 2.29. The summed E-state index contributed by atoms with van der Waals surface area (Å²) >= 11 is 0. The van der Waals surface area contributed by atoms with Crippen LogP contribution >= 0.6 is 0 Å². The third kappa shape index (κ3) is 6.98. The van der Waals surface area contributed by atoms with Crippen LogP contribution in [-0.2, 0) is 18.8 Å². The lowest BCUT2D eigenvalue weighted by Gasteiger charge is -2.25. The molecular weight excluding hydrogens is 396 g/mol. The Morgan fingerprint density at radius 1 is 0.522 bits per heavy atom. The molecule has 0 heterocycles. The lowest BCUT2D eigenvalue weighted by molar-refractivity contribution is -0.311. The Kier molecular flexibility index (Phi) is 5.89. The highest BCUT2D eigenvalue weighted by molar-refractivity contribution is 7.81. The summed E-state index contributed by atoms with van der Waals surface area (Å²) in [6.07, 6.45) is -36.5. The summed E-state index contributed by atoms with van der Waals surface area (Å²) in [6.45, 7) is 0. The van der Waals surface area contributed by atoms with Crippen LogP contribution in [0.1, 0.15) is 0 Å². The van der Waals surface area contributed by atoms with Gasteiger partial charge in [-0.1, -0.05) is 0 Å². The van der Waals surface area contributed by atoms with Gasteiger partial charge in [0, 0.05) is 0 Å². The second-order valence-electron chi connectivity index (χ2n) is 3.53. The lowest BCUT2D eigenvalue weighted by atomic mass is 10.3. The van der Waals surface area contributed by atoms with E-state index in [9.17, 15) is 61.1 Å². The average molecular weight is 398 g/mol. The molecule has 0 atom stereocenters. The molecule has 0 amide bonds. The van der Waals surface area contributed by atoms with Gasteiger partial charge >= 0.3 is 35.1 Å². The SMILES string of the molecule is O=S(=O)(OC(C(F)(F)F)C(F)(F)F)OC(C(F)(F)F)C(F)(F)F. The maximum absolute atomic E-state index is 11.9. The molecule has 0 aromatic carbocycles. The molecule has 17 heteroatoms. The zero-order valence-electron chi connectivity index (χ0n) is 9.73. The molecule has 0 fully saturated rings. The Bertz CT molecular complexity index is 428. The lowest BCUT2D eigenvalue weighted by Crippen LogP contribution is -2.49. The van der Waals surface area contributed by atoms with Crippen molar-refractivity contribution in [2.75, 3.05) is 0 Å². The van der Waals surface area contributed by atoms with Crippen LogP contribution < -0.4 is 0 Å². The molecule has 0 rings (SSSR count). The van der Waals surface area contributed by atoms with Crippen LogP contribution in [0.2, 0.25) is 0 Å². The molecule has 0 aliphatic heterocycles.